The van der Waals surface area contributed by atoms with E-state index < -0.39 is 10.8 Å². The second-order valence-corrected chi connectivity index (χ2v) is 6.09. The van der Waals surface area contributed by atoms with Gasteiger partial charge in [-0.1, -0.05) is 20.8 Å². The molecule has 0 aliphatic heterocycles. The molecule has 0 radical (unpaired) electrons. The van der Waals surface area contributed by atoms with Crippen molar-refractivity contribution >= 4 is 16.6 Å². The van der Waals surface area contributed by atoms with Gasteiger partial charge in [0.2, 0.25) is 0 Å². The lowest BCUT2D eigenvalue weighted by molar-refractivity contribution is -0.117. The summed E-state index contributed by atoms with van der Waals surface area (Å²) in [6, 6.07) is 0. The molecule has 1 fully saturated rings. The standard InChI is InChI=1S/C10H18O2S/c1-7(2)8(3)13(12)10-6-4-5-9(10)11/h7-8,10H,4-6H2,1-3H3. The summed E-state index contributed by atoms with van der Waals surface area (Å²) in [7, 11) is -0.950. The first-order chi connectivity index (χ1) is 6.04. The minimum absolute atomic E-state index is 0.145. The maximum absolute atomic E-state index is 11.9. The van der Waals surface area contributed by atoms with E-state index >= 15 is 0 Å². The summed E-state index contributed by atoms with van der Waals surface area (Å²) in [5.41, 5.74) is 0. The number of Topliss-reactive ketones (excluding diaryl/α,β-unsaturated/α-hetero) is 1. The molecule has 1 aliphatic rings. The van der Waals surface area contributed by atoms with E-state index in [0.717, 1.165) is 12.8 Å². The smallest absolute Gasteiger partial charge is 0.148 e. The lowest BCUT2D eigenvalue weighted by Crippen LogP contribution is -2.30. The van der Waals surface area contributed by atoms with Gasteiger partial charge in [0.15, 0.2) is 0 Å². The number of carbonyl (C=O) groups is 1. The first-order valence-corrected chi connectivity index (χ1v) is 6.23. The zero-order chi connectivity index (χ0) is 10.0. The summed E-state index contributed by atoms with van der Waals surface area (Å²) in [6.07, 6.45) is 2.41. The molecule has 3 unspecified atom stereocenters. The van der Waals surface area contributed by atoms with Crippen LogP contribution in [0.2, 0.25) is 0 Å². The van der Waals surface area contributed by atoms with Gasteiger partial charge in [-0.25, -0.2) is 0 Å². The Hall–Kier alpha value is -0.180. The maximum Gasteiger partial charge on any atom is 0.148 e. The van der Waals surface area contributed by atoms with Gasteiger partial charge in [-0.15, -0.1) is 0 Å². The predicted octanol–water partition coefficient (Wildman–Crippen LogP) is 1.90. The number of hydrogen-bond donors (Lipinski definition) is 0. The number of rotatable bonds is 3. The largest absolute Gasteiger partial charge is 0.298 e. The van der Waals surface area contributed by atoms with Crippen molar-refractivity contribution in [3.8, 4) is 0 Å². The zero-order valence-electron chi connectivity index (χ0n) is 8.58. The zero-order valence-corrected chi connectivity index (χ0v) is 9.39. The molecule has 0 aromatic heterocycles. The normalized spacial score (nSPS) is 28.0. The highest BCUT2D eigenvalue weighted by molar-refractivity contribution is 7.87. The molecule has 0 bridgehead atoms. The number of ketones is 1. The molecule has 2 nitrogen and oxygen atoms in total. The fraction of sp³-hybridized carbons (Fsp3) is 0.900. The summed E-state index contributed by atoms with van der Waals surface area (Å²) >= 11 is 0. The van der Waals surface area contributed by atoms with Crippen LogP contribution in [0.25, 0.3) is 0 Å². The summed E-state index contributed by atoms with van der Waals surface area (Å²) in [6.45, 7) is 6.09. The first kappa shape index (κ1) is 10.9. The van der Waals surface area contributed by atoms with Crippen LogP contribution in [0.4, 0.5) is 0 Å². The van der Waals surface area contributed by atoms with E-state index in [0.29, 0.717) is 12.3 Å². The fourth-order valence-corrected chi connectivity index (χ4v) is 3.39. The SMILES string of the molecule is CC(C)C(C)S(=O)C1CCCC1=O. The Morgan fingerprint density at radius 3 is 2.38 bits per heavy atom. The minimum atomic E-state index is -0.950. The lowest BCUT2D eigenvalue weighted by atomic mass is 10.2. The van der Waals surface area contributed by atoms with Crippen molar-refractivity contribution in [3.63, 3.8) is 0 Å². The molecule has 0 N–H and O–H groups in total. The summed E-state index contributed by atoms with van der Waals surface area (Å²) < 4.78 is 11.9. The van der Waals surface area contributed by atoms with Crippen molar-refractivity contribution in [1.82, 2.24) is 0 Å². The summed E-state index contributed by atoms with van der Waals surface area (Å²) in [5.74, 6) is 0.611. The monoisotopic (exact) mass is 202 g/mol. The van der Waals surface area contributed by atoms with Gasteiger partial charge in [0.25, 0.3) is 0 Å². The van der Waals surface area contributed by atoms with Crippen molar-refractivity contribution in [1.29, 1.82) is 0 Å². The molecule has 76 valence electrons. The first-order valence-electron chi connectivity index (χ1n) is 4.96. The van der Waals surface area contributed by atoms with E-state index in [-0.39, 0.29) is 16.3 Å². The molecular formula is C10H18O2S. The van der Waals surface area contributed by atoms with Crippen molar-refractivity contribution in [2.24, 2.45) is 5.92 Å². The third-order valence-corrected chi connectivity index (χ3v) is 5.17. The van der Waals surface area contributed by atoms with E-state index in [4.69, 9.17) is 0 Å². The highest BCUT2D eigenvalue weighted by Gasteiger charge is 2.33. The van der Waals surface area contributed by atoms with Gasteiger partial charge in [0.1, 0.15) is 5.78 Å². The number of hydrogen-bond acceptors (Lipinski definition) is 2. The average Bonchev–Trinajstić information content (AvgIpc) is 2.48. The Kier molecular flexibility index (Phi) is 3.65. The second-order valence-electron chi connectivity index (χ2n) is 4.12. The Balaban J connectivity index is 2.61. The van der Waals surface area contributed by atoms with Crippen molar-refractivity contribution < 1.29 is 9.00 Å². The van der Waals surface area contributed by atoms with Gasteiger partial charge < -0.3 is 0 Å². The van der Waals surface area contributed by atoms with Gasteiger partial charge in [0, 0.05) is 22.5 Å². The molecular weight excluding hydrogens is 184 g/mol. The van der Waals surface area contributed by atoms with Crippen LogP contribution >= 0.6 is 0 Å². The molecule has 0 saturated heterocycles. The minimum Gasteiger partial charge on any atom is -0.298 e. The Bertz CT molecular complexity index is 223. The van der Waals surface area contributed by atoms with E-state index in [1.807, 2.05) is 6.92 Å². The third kappa shape index (κ3) is 2.39. The molecule has 0 aromatic carbocycles. The van der Waals surface area contributed by atoms with Crippen LogP contribution in [0.15, 0.2) is 0 Å². The quantitative estimate of drug-likeness (QED) is 0.700. The van der Waals surface area contributed by atoms with Gasteiger partial charge >= 0.3 is 0 Å². The van der Waals surface area contributed by atoms with Crippen molar-refractivity contribution in [2.75, 3.05) is 0 Å². The molecule has 3 atom stereocenters. The van der Waals surface area contributed by atoms with Crippen molar-refractivity contribution in [3.05, 3.63) is 0 Å². The lowest BCUT2D eigenvalue weighted by Gasteiger charge is -2.18. The molecule has 1 saturated carbocycles. The number of carbonyl (C=O) groups excluding carboxylic acids is 1. The molecule has 0 aromatic rings. The van der Waals surface area contributed by atoms with Gasteiger partial charge in [-0.3, -0.25) is 9.00 Å². The third-order valence-electron chi connectivity index (χ3n) is 2.83. The van der Waals surface area contributed by atoms with Gasteiger partial charge in [-0.05, 0) is 18.8 Å². The average molecular weight is 202 g/mol. The molecule has 13 heavy (non-hydrogen) atoms. The predicted molar refractivity (Wildman–Crippen MR) is 55.1 cm³/mol. The van der Waals surface area contributed by atoms with E-state index in [9.17, 15) is 9.00 Å². The van der Waals surface area contributed by atoms with E-state index in [2.05, 4.69) is 13.8 Å². The molecule has 0 heterocycles. The highest BCUT2D eigenvalue weighted by Crippen LogP contribution is 2.24. The highest BCUT2D eigenvalue weighted by atomic mass is 32.2. The fourth-order valence-electron chi connectivity index (χ4n) is 1.56. The van der Waals surface area contributed by atoms with Crippen LogP contribution in [-0.2, 0) is 15.6 Å². The second kappa shape index (κ2) is 4.36. The van der Waals surface area contributed by atoms with Crippen LogP contribution in [0, 0.1) is 5.92 Å². The molecule has 1 aliphatic carbocycles. The van der Waals surface area contributed by atoms with Crippen LogP contribution in [0.1, 0.15) is 40.0 Å². The van der Waals surface area contributed by atoms with Gasteiger partial charge in [-0.2, -0.15) is 0 Å². The van der Waals surface area contributed by atoms with Crippen LogP contribution in [0.3, 0.4) is 0 Å². The topological polar surface area (TPSA) is 34.1 Å². The Labute approximate surface area is 82.6 Å². The van der Waals surface area contributed by atoms with Crippen LogP contribution in [0.5, 0.6) is 0 Å². The summed E-state index contributed by atoms with van der Waals surface area (Å²) in [4.78, 5) is 11.3. The summed E-state index contributed by atoms with van der Waals surface area (Å²) in [5, 5.41) is -0.00977. The van der Waals surface area contributed by atoms with E-state index in [1.54, 1.807) is 0 Å². The van der Waals surface area contributed by atoms with Crippen molar-refractivity contribution in [2.45, 2.75) is 50.5 Å². The van der Waals surface area contributed by atoms with Crippen LogP contribution in [-0.4, -0.2) is 20.5 Å². The molecule has 3 heteroatoms. The molecule has 0 amide bonds. The Morgan fingerprint density at radius 1 is 1.38 bits per heavy atom. The molecule has 1 rings (SSSR count). The Morgan fingerprint density at radius 2 is 2.00 bits per heavy atom. The van der Waals surface area contributed by atoms with Gasteiger partial charge in [0.05, 0.1) is 5.25 Å². The van der Waals surface area contributed by atoms with Crippen LogP contribution < -0.4 is 0 Å². The van der Waals surface area contributed by atoms with E-state index in [1.165, 1.54) is 0 Å². The molecule has 0 spiro atoms. The maximum atomic E-state index is 11.9.